The quantitative estimate of drug-likeness (QED) is 0.577. The predicted octanol–water partition coefficient (Wildman–Crippen LogP) is 2.67. The van der Waals surface area contributed by atoms with Gasteiger partial charge in [0.1, 0.15) is 11.6 Å². The molecule has 2 rings (SSSR count). The summed E-state index contributed by atoms with van der Waals surface area (Å²) in [7, 11) is -2.76. The maximum absolute atomic E-state index is 13.3. The van der Waals surface area contributed by atoms with Crippen LogP contribution in [0.4, 0.5) is 25.0 Å². The number of halogens is 2. The van der Waals surface area contributed by atoms with Gasteiger partial charge in [0.05, 0.1) is 19.4 Å². The van der Waals surface area contributed by atoms with E-state index in [2.05, 4.69) is 20.1 Å². The number of hydrogen-bond donors (Lipinski definition) is 3. The number of ether oxygens (including phenoxy) is 2. The van der Waals surface area contributed by atoms with Crippen molar-refractivity contribution < 1.29 is 36.3 Å². The van der Waals surface area contributed by atoms with Crippen LogP contribution in [0.15, 0.2) is 36.4 Å². The number of anilines is 2. The van der Waals surface area contributed by atoms with E-state index in [-0.39, 0.29) is 29.3 Å². The first-order valence-corrected chi connectivity index (χ1v) is 10.2. The molecule has 0 aromatic heterocycles. The first kappa shape index (κ1) is 22.9. The summed E-state index contributed by atoms with van der Waals surface area (Å²) in [4.78, 5) is 23.7. The molecule has 2 aromatic carbocycles. The molecule has 0 aliphatic heterocycles. The minimum Gasteiger partial charge on any atom is -0.495 e. The third kappa shape index (κ3) is 6.30. The molecule has 0 atom stereocenters. The first-order valence-electron chi connectivity index (χ1n) is 8.50. The van der Waals surface area contributed by atoms with Gasteiger partial charge in [0.15, 0.2) is 11.6 Å². The Morgan fingerprint density at radius 3 is 2.43 bits per heavy atom. The number of carbonyl (C=O) groups is 2. The first-order chi connectivity index (χ1) is 14.1. The standard InChI is InChI=1S/C18H19F2N3O6S/c1-3-29-18(25)21-10-30(26,27)23-15-8-11(4-7-16(15)28-2)17(24)22-12-5-6-13(19)14(20)9-12/h4-9,23H,3,10H2,1-2H3,(H,21,25)(H,22,24). The molecule has 3 N–H and O–H groups in total. The Morgan fingerprint density at radius 1 is 1.07 bits per heavy atom. The Bertz CT molecular complexity index is 1050. The highest BCUT2D eigenvalue weighted by Gasteiger charge is 2.18. The van der Waals surface area contributed by atoms with Gasteiger partial charge in [-0.25, -0.2) is 22.0 Å². The minimum absolute atomic E-state index is 0.00971. The fourth-order valence-electron chi connectivity index (χ4n) is 2.25. The summed E-state index contributed by atoms with van der Waals surface area (Å²) < 4.78 is 62.6. The van der Waals surface area contributed by atoms with Gasteiger partial charge in [-0.1, -0.05) is 0 Å². The lowest BCUT2D eigenvalue weighted by atomic mass is 10.1. The molecule has 0 saturated heterocycles. The summed E-state index contributed by atoms with van der Waals surface area (Å²) in [5.74, 6) is -3.57. The molecule has 0 bridgehead atoms. The number of sulfonamides is 1. The van der Waals surface area contributed by atoms with E-state index in [1.54, 1.807) is 6.92 Å². The second kappa shape index (κ2) is 9.87. The van der Waals surface area contributed by atoms with Crippen LogP contribution >= 0.6 is 0 Å². The van der Waals surface area contributed by atoms with Crippen LogP contribution < -0.4 is 20.1 Å². The molecule has 0 unspecified atom stereocenters. The molecule has 0 aliphatic carbocycles. The molecule has 0 heterocycles. The molecular weight excluding hydrogens is 424 g/mol. The van der Waals surface area contributed by atoms with Crippen molar-refractivity contribution in [1.29, 1.82) is 0 Å². The summed E-state index contributed by atoms with van der Waals surface area (Å²) in [6.07, 6.45) is -0.908. The predicted molar refractivity (Wildman–Crippen MR) is 105 cm³/mol. The fraction of sp³-hybridized carbons (Fsp3) is 0.222. The second-order valence-corrected chi connectivity index (χ2v) is 7.48. The van der Waals surface area contributed by atoms with E-state index in [1.165, 1.54) is 31.4 Å². The van der Waals surface area contributed by atoms with Gasteiger partial charge in [0, 0.05) is 17.3 Å². The number of rotatable bonds is 8. The number of carbonyl (C=O) groups excluding carboxylic acids is 2. The van der Waals surface area contributed by atoms with Gasteiger partial charge in [-0.3, -0.25) is 9.52 Å². The molecule has 162 valence electrons. The van der Waals surface area contributed by atoms with E-state index < -0.39 is 39.5 Å². The molecule has 0 fully saturated rings. The summed E-state index contributed by atoms with van der Waals surface area (Å²) in [5.41, 5.74) is -0.0480. The van der Waals surface area contributed by atoms with Gasteiger partial charge in [0.2, 0.25) is 0 Å². The van der Waals surface area contributed by atoms with Crippen molar-refractivity contribution >= 4 is 33.4 Å². The van der Waals surface area contributed by atoms with Crippen molar-refractivity contribution in [2.75, 3.05) is 29.6 Å². The largest absolute Gasteiger partial charge is 0.495 e. The zero-order valence-corrected chi connectivity index (χ0v) is 16.8. The van der Waals surface area contributed by atoms with Gasteiger partial charge in [0.25, 0.3) is 15.9 Å². The van der Waals surface area contributed by atoms with Gasteiger partial charge < -0.3 is 20.1 Å². The van der Waals surface area contributed by atoms with Crippen LogP contribution in [0.1, 0.15) is 17.3 Å². The van der Waals surface area contributed by atoms with E-state index in [9.17, 15) is 26.8 Å². The summed E-state index contributed by atoms with van der Waals surface area (Å²) >= 11 is 0. The average molecular weight is 443 g/mol. The molecule has 0 saturated carbocycles. The Kier molecular flexibility index (Phi) is 7.53. The maximum atomic E-state index is 13.3. The summed E-state index contributed by atoms with van der Waals surface area (Å²) in [5, 5.41) is 4.43. The molecule has 30 heavy (non-hydrogen) atoms. The molecular formula is C18H19F2N3O6S. The Labute approximate surface area is 171 Å². The average Bonchev–Trinajstić information content (AvgIpc) is 2.69. The lowest BCUT2D eigenvalue weighted by Crippen LogP contribution is -2.33. The van der Waals surface area contributed by atoms with E-state index >= 15 is 0 Å². The summed E-state index contributed by atoms with van der Waals surface area (Å²) in [6.45, 7) is 1.64. The number of nitrogens with one attached hydrogen (secondary N) is 3. The maximum Gasteiger partial charge on any atom is 0.408 e. The van der Waals surface area contributed by atoms with Crippen molar-refractivity contribution in [3.05, 3.63) is 53.6 Å². The van der Waals surface area contributed by atoms with Crippen molar-refractivity contribution in [3.63, 3.8) is 0 Å². The normalized spacial score (nSPS) is 10.8. The number of alkyl carbamates (subject to hydrolysis) is 1. The van der Waals surface area contributed by atoms with E-state index in [1.807, 2.05) is 0 Å². The van der Waals surface area contributed by atoms with Crippen LogP contribution in [-0.2, 0) is 14.8 Å². The molecule has 12 heteroatoms. The minimum atomic E-state index is -4.06. The van der Waals surface area contributed by atoms with Crippen LogP contribution in [0, 0.1) is 11.6 Å². The van der Waals surface area contributed by atoms with Gasteiger partial charge in [-0.15, -0.1) is 0 Å². The number of amides is 2. The van der Waals surface area contributed by atoms with Crippen molar-refractivity contribution in [2.45, 2.75) is 6.92 Å². The van der Waals surface area contributed by atoms with Crippen LogP contribution in [-0.4, -0.2) is 40.0 Å². The highest BCUT2D eigenvalue weighted by Crippen LogP contribution is 2.27. The monoisotopic (exact) mass is 443 g/mol. The van der Waals surface area contributed by atoms with Gasteiger partial charge >= 0.3 is 6.09 Å². The molecule has 0 spiro atoms. The SMILES string of the molecule is CCOC(=O)NCS(=O)(=O)Nc1cc(C(=O)Nc2ccc(F)c(F)c2)ccc1OC. The lowest BCUT2D eigenvalue weighted by Gasteiger charge is -2.14. The molecule has 0 aliphatic rings. The summed E-state index contributed by atoms with van der Waals surface area (Å²) in [6, 6.07) is 6.72. The zero-order chi connectivity index (χ0) is 22.3. The Hall–Kier alpha value is -3.41. The topological polar surface area (TPSA) is 123 Å². The number of hydrogen-bond acceptors (Lipinski definition) is 6. The second-order valence-electron chi connectivity index (χ2n) is 5.76. The molecule has 9 nitrogen and oxygen atoms in total. The van der Waals surface area contributed by atoms with E-state index in [4.69, 9.17) is 4.74 Å². The lowest BCUT2D eigenvalue weighted by molar-refractivity contribution is 0.102. The third-order valence-electron chi connectivity index (χ3n) is 3.59. The van der Waals surface area contributed by atoms with Crippen LogP contribution in [0.2, 0.25) is 0 Å². The van der Waals surface area contributed by atoms with Crippen molar-refractivity contribution in [3.8, 4) is 5.75 Å². The van der Waals surface area contributed by atoms with Crippen LogP contribution in [0.25, 0.3) is 0 Å². The van der Waals surface area contributed by atoms with Gasteiger partial charge in [-0.2, -0.15) is 0 Å². The van der Waals surface area contributed by atoms with Crippen LogP contribution in [0.3, 0.4) is 0 Å². The molecule has 2 amide bonds. The molecule has 0 radical (unpaired) electrons. The van der Waals surface area contributed by atoms with E-state index in [0.717, 1.165) is 12.1 Å². The third-order valence-corrected chi connectivity index (χ3v) is 4.64. The highest BCUT2D eigenvalue weighted by molar-refractivity contribution is 7.92. The van der Waals surface area contributed by atoms with E-state index in [0.29, 0.717) is 0 Å². The molecule has 2 aromatic rings. The van der Waals surface area contributed by atoms with Gasteiger partial charge in [-0.05, 0) is 37.3 Å². The number of methoxy groups -OCH3 is 1. The van der Waals surface area contributed by atoms with Crippen molar-refractivity contribution in [1.82, 2.24) is 5.32 Å². The smallest absolute Gasteiger partial charge is 0.408 e. The van der Waals surface area contributed by atoms with Crippen LogP contribution in [0.5, 0.6) is 5.75 Å². The number of benzene rings is 2. The van der Waals surface area contributed by atoms with Crippen molar-refractivity contribution in [2.24, 2.45) is 0 Å². The highest BCUT2D eigenvalue weighted by atomic mass is 32.2. The Balaban J connectivity index is 2.18. The zero-order valence-electron chi connectivity index (χ0n) is 16.0. The fourth-order valence-corrected chi connectivity index (χ4v) is 3.12. The Morgan fingerprint density at radius 2 is 1.80 bits per heavy atom.